The molecule has 5 atom stereocenters. The third kappa shape index (κ3) is 4.26. The van der Waals surface area contributed by atoms with E-state index in [1.807, 2.05) is 0 Å². The van der Waals surface area contributed by atoms with Gasteiger partial charge < -0.3 is 15.3 Å². The van der Waals surface area contributed by atoms with Crippen molar-refractivity contribution in [1.29, 1.82) is 0 Å². The highest BCUT2D eigenvalue weighted by Gasteiger charge is 2.53. The van der Waals surface area contributed by atoms with Gasteiger partial charge in [-0.3, -0.25) is 0 Å². The summed E-state index contributed by atoms with van der Waals surface area (Å²) in [7, 11) is 0. The molecule has 3 rings (SSSR count). The Morgan fingerprint density at radius 1 is 1.20 bits per heavy atom. The summed E-state index contributed by atoms with van der Waals surface area (Å²) in [5.41, 5.74) is 4.50. The van der Waals surface area contributed by atoms with Crippen LogP contribution in [0.4, 0.5) is 0 Å². The summed E-state index contributed by atoms with van der Waals surface area (Å²) in [6.45, 7) is 13.9. The Labute approximate surface area is 183 Å². The highest BCUT2D eigenvalue weighted by Crippen LogP contribution is 2.62. The fourth-order valence-electron chi connectivity index (χ4n) is 6.65. The molecule has 3 saturated carbocycles. The van der Waals surface area contributed by atoms with Crippen molar-refractivity contribution in [3.8, 4) is 0 Å². The first-order valence-corrected chi connectivity index (χ1v) is 11.9. The molecule has 0 unspecified atom stereocenters. The average molecular weight is 415 g/mol. The average Bonchev–Trinajstić information content (AvgIpc) is 3.08. The van der Waals surface area contributed by atoms with Gasteiger partial charge in [0.25, 0.3) is 0 Å². The molecule has 0 saturated heterocycles. The van der Waals surface area contributed by atoms with Gasteiger partial charge in [0.15, 0.2) is 0 Å². The molecule has 0 spiro atoms. The summed E-state index contributed by atoms with van der Waals surface area (Å²) in [6, 6.07) is 0. The van der Waals surface area contributed by atoms with Gasteiger partial charge in [-0.05, 0) is 77.9 Å². The van der Waals surface area contributed by atoms with Crippen LogP contribution in [0.1, 0.15) is 79.1 Å². The molecule has 0 aromatic heterocycles. The van der Waals surface area contributed by atoms with Crippen molar-refractivity contribution in [2.24, 2.45) is 22.7 Å². The molecular weight excluding hydrogens is 372 g/mol. The third-order valence-corrected chi connectivity index (χ3v) is 8.68. The highest BCUT2D eigenvalue weighted by atomic mass is 16.3. The van der Waals surface area contributed by atoms with Gasteiger partial charge in [0.2, 0.25) is 0 Å². The van der Waals surface area contributed by atoms with E-state index in [1.165, 1.54) is 32.1 Å². The summed E-state index contributed by atoms with van der Waals surface area (Å²) < 4.78 is 0. The Morgan fingerprint density at radius 3 is 2.60 bits per heavy atom. The van der Waals surface area contributed by atoms with Gasteiger partial charge in [-0.25, -0.2) is 0 Å². The molecule has 3 heteroatoms. The Kier molecular flexibility index (Phi) is 7.16. The summed E-state index contributed by atoms with van der Waals surface area (Å²) in [5.74, 6) is 1.41. The predicted molar refractivity (Wildman–Crippen MR) is 124 cm³/mol. The van der Waals surface area contributed by atoms with Gasteiger partial charge in [-0.1, -0.05) is 64.5 Å². The van der Waals surface area contributed by atoms with Crippen LogP contribution in [-0.2, 0) is 0 Å². The molecule has 0 amide bonds. The number of fused-ring (bicyclic) bond motifs is 1. The van der Waals surface area contributed by atoms with Crippen LogP contribution in [-0.4, -0.2) is 34.1 Å². The largest absolute Gasteiger partial charge is 0.396 e. The molecule has 3 aliphatic rings. The van der Waals surface area contributed by atoms with Crippen LogP contribution in [0, 0.1) is 22.7 Å². The van der Waals surface area contributed by atoms with E-state index in [4.69, 9.17) is 5.11 Å². The molecule has 0 aromatic rings. The molecule has 3 fully saturated rings. The van der Waals surface area contributed by atoms with Crippen molar-refractivity contribution in [2.75, 3.05) is 6.61 Å². The van der Waals surface area contributed by atoms with Crippen molar-refractivity contribution in [1.82, 2.24) is 0 Å². The van der Waals surface area contributed by atoms with Crippen LogP contribution in [0.25, 0.3) is 0 Å². The van der Waals surface area contributed by atoms with Gasteiger partial charge in [0.1, 0.15) is 6.10 Å². The number of aliphatic hydroxyl groups is 3. The Balaban J connectivity index is 1.82. The number of allylic oxidation sites excluding steroid dienone is 3. The van der Waals surface area contributed by atoms with Crippen LogP contribution in [0.3, 0.4) is 0 Å². The van der Waals surface area contributed by atoms with Crippen molar-refractivity contribution in [3.63, 3.8) is 0 Å². The molecular formula is C27H42O3. The highest BCUT2D eigenvalue weighted by molar-refractivity contribution is 5.46. The smallest absolute Gasteiger partial charge is 0.102 e. The van der Waals surface area contributed by atoms with Crippen LogP contribution >= 0.6 is 0 Å². The van der Waals surface area contributed by atoms with E-state index in [1.54, 1.807) is 11.6 Å². The van der Waals surface area contributed by atoms with Gasteiger partial charge >= 0.3 is 0 Å². The minimum absolute atomic E-state index is 0.0141. The SMILES string of the molecule is C=C1/C(=C\C=C2/CCC[C@]3(C)[C@@H](C(C)(C)CC)CC[C@@H]23)C[C@@H](O)/C(=C\CCO)[C@@H]1O. The minimum atomic E-state index is -0.859. The molecule has 3 aliphatic carbocycles. The molecule has 3 N–H and O–H groups in total. The first kappa shape index (κ1) is 23.5. The van der Waals surface area contributed by atoms with Gasteiger partial charge in [0, 0.05) is 13.0 Å². The van der Waals surface area contributed by atoms with E-state index < -0.39 is 12.2 Å². The van der Waals surface area contributed by atoms with E-state index in [0.717, 1.165) is 17.9 Å². The lowest BCUT2D eigenvalue weighted by Crippen LogP contribution is -2.39. The van der Waals surface area contributed by atoms with E-state index in [-0.39, 0.29) is 6.61 Å². The van der Waals surface area contributed by atoms with E-state index in [0.29, 0.717) is 40.7 Å². The molecule has 0 aliphatic heterocycles. The zero-order chi connectivity index (χ0) is 22.1. The second-order valence-corrected chi connectivity index (χ2v) is 10.7. The Hall–Kier alpha value is -1.16. The van der Waals surface area contributed by atoms with Crippen molar-refractivity contribution in [2.45, 2.75) is 91.3 Å². The molecule has 0 heterocycles. The monoisotopic (exact) mass is 414 g/mol. The quantitative estimate of drug-likeness (QED) is 0.522. The lowest BCUT2D eigenvalue weighted by molar-refractivity contribution is 0.0435. The van der Waals surface area contributed by atoms with E-state index >= 15 is 0 Å². The maximum atomic E-state index is 10.6. The first-order chi connectivity index (χ1) is 14.2. The number of hydrogen-bond donors (Lipinski definition) is 3. The standard InChI is InChI=1S/C27H42O3/c1-6-26(3,4)24-14-13-22-19(9-7-15-27(22,24)5)11-12-20-17-23(29)21(10-8-16-28)25(30)18(20)2/h10-12,22-25,28-30H,2,6-9,13-17H2,1,3-5H3/b19-11+,20-12-,21-10+/t22-,23+,24+,25+,27-/m0/s1. The van der Waals surface area contributed by atoms with Gasteiger partial charge in [-0.2, -0.15) is 0 Å². The van der Waals surface area contributed by atoms with Gasteiger partial charge in [0.05, 0.1) is 6.10 Å². The molecule has 0 bridgehead atoms. The van der Waals surface area contributed by atoms with Crippen LogP contribution < -0.4 is 0 Å². The third-order valence-electron chi connectivity index (χ3n) is 8.68. The first-order valence-electron chi connectivity index (χ1n) is 11.9. The summed E-state index contributed by atoms with van der Waals surface area (Å²) >= 11 is 0. The maximum Gasteiger partial charge on any atom is 0.102 e. The minimum Gasteiger partial charge on any atom is -0.396 e. The zero-order valence-electron chi connectivity index (χ0n) is 19.5. The lowest BCUT2D eigenvalue weighted by atomic mass is 9.57. The Morgan fingerprint density at radius 2 is 1.93 bits per heavy atom. The van der Waals surface area contributed by atoms with Crippen molar-refractivity contribution < 1.29 is 15.3 Å². The van der Waals surface area contributed by atoms with Crippen LogP contribution in [0.2, 0.25) is 0 Å². The molecule has 30 heavy (non-hydrogen) atoms. The zero-order valence-corrected chi connectivity index (χ0v) is 19.5. The summed E-state index contributed by atoms with van der Waals surface area (Å²) in [5, 5.41) is 30.2. The van der Waals surface area contributed by atoms with Crippen LogP contribution in [0.5, 0.6) is 0 Å². The van der Waals surface area contributed by atoms with Crippen LogP contribution in [0.15, 0.2) is 47.1 Å². The predicted octanol–water partition coefficient (Wildman–Crippen LogP) is 5.48. The molecule has 0 radical (unpaired) electrons. The maximum absolute atomic E-state index is 10.6. The lowest BCUT2D eigenvalue weighted by Gasteiger charge is -2.48. The molecule has 0 aromatic carbocycles. The van der Waals surface area contributed by atoms with Crippen molar-refractivity contribution >= 4 is 0 Å². The van der Waals surface area contributed by atoms with E-state index in [2.05, 4.69) is 46.4 Å². The number of hydrogen-bond acceptors (Lipinski definition) is 3. The number of rotatable bonds is 5. The van der Waals surface area contributed by atoms with Crippen molar-refractivity contribution in [3.05, 3.63) is 47.1 Å². The normalized spacial score (nSPS) is 39.2. The second-order valence-electron chi connectivity index (χ2n) is 10.7. The topological polar surface area (TPSA) is 60.7 Å². The van der Waals surface area contributed by atoms with E-state index in [9.17, 15) is 10.2 Å². The second kappa shape index (κ2) is 9.14. The van der Waals surface area contributed by atoms with Gasteiger partial charge in [-0.15, -0.1) is 0 Å². The molecule has 3 nitrogen and oxygen atoms in total. The fourth-order valence-corrected chi connectivity index (χ4v) is 6.65. The Bertz CT molecular complexity index is 741. The molecule has 168 valence electrons. The summed E-state index contributed by atoms with van der Waals surface area (Å²) in [6.07, 6.45) is 13.0. The number of aliphatic hydroxyl groups excluding tert-OH is 3. The fraction of sp³-hybridized carbons (Fsp3) is 0.704. The summed E-state index contributed by atoms with van der Waals surface area (Å²) in [4.78, 5) is 0.